The number of carbonyl (C=O) groups excluding carboxylic acids is 3. The summed E-state index contributed by atoms with van der Waals surface area (Å²) in [5, 5.41) is 21.2. The second-order valence-corrected chi connectivity index (χ2v) is 8.77. The van der Waals surface area contributed by atoms with Crippen LogP contribution in [0.3, 0.4) is 0 Å². The Labute approximate surface area is 218 Å². The smallest absolute Gasteiger partial charge is 0.310 e. The largest absolute Gasteiger partial charge is 0.508 e. The number of fused-ring (bicyclic) bond motifs is 1. The van der Waals surface area contributed by atoms with Gasteiger partial charge in [0, 0.05) is 11.3 Å². The number of aliphatic hydroxyl groups is 1. The molecule has 9 nitrogen and oxygen atoms in total. The molecule has 0 spiro atoms. The van der Waals surface area contributed by atoms with E-state index in [4.69, 9.17) is 14.2 Å². The number of amides is 1. The molecule has 0 radical (unpaired) electrons. The van der Waals surface area contributed by atoms with Gasteiger partial charge in [-0.2, -0.15) is 0 Å². The zero-order valence-corrected chi connectivity index (χ0v) is 20.5. The lowest BCUT2D eigenvalue weighted by atomic mass is 9.95. The SMILES string of the molecule is CCOC(=O)Cc1ccc(N2C(=O)C(=O)/C(=C(\O)c3ccc4c(c3)OCCO4)C2c2ccc(O)cc2)cc1. The zero-order chi connectivity index (χ0) is 26.8. The molecule has 3 aromatic rings. The van der Waals surface area contributed by atoms with Crippen molar-refractivity contribution in [2.24, 2.45) is 0 Å². The van der Waals surface area contributed by atoms with Crippen molar-refractivity contribution in [1.82, 2.24) is 0 Å². The fourth-order valence-corrected chi connectivity index (χ4v) is 4.57. The van der Waals surface area contributed by atoms with Crippen molar-refractivity contribution >= 4 is 29.1 Å². The molecule has 2 heterocycles. The van der Waals surface area contributed by atoms with Crippen LogP contribution in [-0.2, 0) is 25.5 Å². The lowest BCUT2D eigenvalue weighted by molar-refractivity contribution is -0.142. The molecule has 2 aliphatic rings. The standard InChI is InChI=1S/C29H25NO8/c1-2-36-24(32)15-17-3-8-20(9-4-17)30-26(18-5-10-21(31)11-6-18)25(28(34)29(30)35)27(33)19-7-12-22-23(16-19)38-14-13-37-22/h3-12,16,26,31,33H,2,13-15H2,1H3/b27-25-. The molecule has 3 aromatic carbocycles. The van der Waals surface area contributed by atoms with Gasteiger partial charge in [0.15, 0.2) is 11.5 Å². The molecule has 2 aliphatic heterocycles. The number of ether oxygens (including phenoxy) is 3. The molecule has 2 N–H and O–H groups in total. The van der Waals surface area contributed by atoms with Crippen LogP contribution in [0, 0.1) is 0 Å². The molecule has 1 amide bonds. The number of ketones is 1. The minimum atomic E-state index is -0.972. The van der Waals surface area contributed by atoms with Gasteiger partial charge in [-0.15, -0.1) is 0 Å². The molecule has 1 unspecified atom stereocenters. The van der Waals surface area contributed by atoms with Crippen molar-refractivity contribution in [3.05, 3.63) is 89.0 Å². The highest BCUT2D eigenvalue weighted by Crippen LogP contribution is 2.43. The molecular weight excluding hydrogens is 490 g/mol. The zero-order valence-electron chi connectivity index (χ0n) is 20.5. The Balaban J connectivity index is 1.58. The van der Waals surface area contributed by atoms with Gasteiger partial charge in [0.25, 0.3) is 11.7 Å². The van der Waals surface area contributed by atoms with Gasteiger partial charge in [-0.1, -0.05) is 24.3 Å². The van der Waals surface area contributed by atoms with Crippen LogP contribution in [0.2, 0.25) is 0 Å². The minimum absolute atomic E-state index is 0.0147. The highest BCUT2D eigenvalue weighted by atomic mass is 16.6. The van der Waals surface area contributed by atoms with Gasteiger partial charge in [-0.05, 0) is 60.5 Å². The second kappa shape index (κ2) is 10.3. The fourth-order valence-electron chi connectivity index (χ4n) is 4.57. The first-order valence-electron chi connectivity index (χ1n) is 12.1. The van der Waals surface area contributed by atoms with E-state index in [9.17, 15) is 24.6 Å². The number of hydrogen-bond donors (Lipinski definition) is 2. The Morgan fingerprint density at radius 1 is 0.974 bits per heavy atom. The predicted octanol–water partition coefficient (Wildman–Crippen LogP) is 3.90. The number of aliphatic hydroxyl groups excluding tert-OH is 1. The third kappa shape index (κ3) is 4.66. The van der Waals surface area contributed by atoms with Crippen molar-refractivity contribution < 1.29 is 38.8 Å². The highest BCUT2D eigenvalue weighted by Gasteiger charge is 2.47. The molecule has 0 bridgehead atoms. The maximum absolute atomic E-state index is 13.4. The quantitative estimate of drug-likeness (QED) is 0.219. The van der Waals surface area contributed by atoms with Crippen molar-refractivity contribution in [2.45, 2.75) is 19.4 Å². The first kappa shape index (κ1) is 24.9. The summed E-state index contributed by atoms with van der Waals surface area (Å²) in [4.78, 5) is 39.8. The normalized spacial score (nSPS) is 17.9. The van der Waals surface area contributed by atoms with E-state index in [1.807, 2.05) is 0 Å². The average molecular weight is 516 g/mol. The Morgan fingerprint density at radius 2 is 1.66 bits per heavy atom. The molecule has 1 saturated heterocycles. The number of nitrogens with zero attached hydrogens (tertiary/aromatic N) is 1. The number of carbonyl (C=O) groups is 3. The van der Waals surface area contributed by atoms with E-state index in [0.717, 1.165) is 0 Å². The summed E-state index contributed by atoms with van der Waals surface area (Å²) in [5.41, 5.74) is 1.78. The lowest BCUT2D eigenvalue weighted by Gasteiger charge is -2.26. The van der Waals surface area contributed by atoms with Crippen LogP contribution in [0.1, 0.15) is 29.7 Å². The minimum Gasteiger partial charge on any atom is -0.508 e. The number of rotatable bonds is 6. The summed E-state index contributed by atoms with van der Waals surface area (Å²) < 4.78 is 16.1. The van der Waals surface area contributed by atoms with Crippen LogP contribution in [0.5, 0.6) is 17.2 Å². The van der Waals surface area contributed by atoms with E-state index >= 15 is 0 Å². The van der Waals surface area contributed by atoms with Gasteiger partial charge in [-0.25, -0.2) is 0 Å². The molecule has 5 rings (SSSR count). The molecule has 194 valence electrons. The Kier molecular flexibility index (Phi) is 6.74. The Morgan fingerprint density at radius 3 is 2.34 bits per heavy atom. The van der Waals surface area contributed by atoms with E-state index in [0.29, 0.717) is 47.1 Å². The topological polar surface area (TPSA) is 123 Å². The van der Waals surface area contributed by atoms with Crippen molar-refractivity contribution in [3.63, 3.8) is 0 Å². The first-order valence-corrected chi connectivity index (χ1v) is 12.1. The monoisotopic (exact) mass is 515 g/mol. The Hall–Kier alpha value is -4.79. The number of anilines is 1. The molecule has 38 heavy (non-hydrogen) atoms. The van der Waals surface area contributed by atoms with Crippen LogP contribution in [0.25, 0.3) is 5.76 Å². The van der Waals surface area contributed by atoms with E-state index < -0.39 is 17.7 Å². The van der Waals surface area contributed by atoms with Gasteiger partial charge in [0.2, 0.25) is 0 Å². The summed E-state index contributed by atoms with van der Waals surface area (Å²) in [5.74, 6) is -1.45. The number of phenols is 1. The molecule has 1 fully saturated rings. The van der Waals surface area contributed by atoms with Crippen LogP contribution in [0.4, 0.5) is 5.69 Å². The van der Waals surface area contributed by atoms with Gasteiger partial charge >= 0.3 is 5.97 Å². The van der Waals surface area contributed by atoms with E-state index in [2.05, 4.69) is 0 Å². The van der Waals surface area contributed by atoms with Gasteiger partial charge in [0.1, 0.15) is 24.7 Å². The molecule has 0 saturated carbocycles. The van der Waals surface area contributed by atoms with Gasteiger partial charge < -0.3 is 24.4 Å². The maximum Gasteiger partial charge on any atom is 0.310 e. The summed E-state index contributed by atoms with van der Waals surface area (Å²) in [6.07, 6.45) is 0.0679. The predicted molar refractivity (Wildman–Crippen MR) is 137 cm³/mol. The Bertz CT molecular complexity index is 1430. The van der Waals surface area contributed by atoms with Crippen molar-refractivity contribution in [1.29, 1.82) is 0 Å². The summed E-state index contributed by atoms with van der Waals surface area (Å²) in [6, 6.07) is 16.5. The third-order valence-corrected chi connectivity index (χ3v) is 6.34. The van der Waals surface area contributed by atoms with E-state index in [-0.39, 0.29) is 36.1 Å². The van der Waals surface area contributed by atoms with Crippen LogP contribution >= 0.6 is 0 Å². The molecule has 1 atom stereocenters. The highest BCUT2D eigenvalue weighted by molar-refractivity contribution is 6.51. The molecule has 0 aliphatic carbocycles. The number of aromatic hydroxyl groups is 1. The first-order chi connectivity index (χ1) is 18.4. The molecule has 9 heteroatoms. The third-order valence-electron chi connectivity index (χ3n) is 6.34. The van der Waals surface area contributed by atoms with E-state index in [1.165, 1.54) is 17.0 Å². The number of phenolic OH excluding ortho intramolecular Hbond substituents is 1. The molecule has 0 aromatic heterocycles. The summed E-state index contributed by atoms with van der Waals surface area (Å²) in [7, 11) is 0. The van der Waals surface area contributed by atoms with Crippen LogP contribution in [-0.4, -0.2) is 47.7 Å². The second-order valence-electron chi connectivity index (χ2n) is 8.77. The lowest BCUT2D eigenvalue weighted by Crippen LogP contribution is -2.29. The maximum atomic E-state index is 13.4. The number of esters is 1. The van der Waals surface area contributed by atoms with Gasteiger partial charge in [0.05, 0.1) is 24.6 Å². The summed E-state index contributed by atoms with van der Waals surface area (Å²) in [6.45, 7) is 2.76. The number of benzene rings is 3. The van der Waals surface area contributed by atoms with E-state index in [1.54, 1.807) is 61.5 Å². The van der Waals surface area contributed by atoms with Crippen LogP contribution in [0.15, 0.2) is 72.3 Å². The number of hydrogen-bond acceptors (Lipinski definition) is 8. The molecular formula is C29H25NO8. The number of Topliss-reactive ketones (excluding diaryl/α,β-unsaturated/α-hetero) is 1. The summed E-state index contributed by atoms with van der Waals surface area (Å²) >= 11 is 0. The van der Waals surface area contributed by atoms with Gasteiger partial charge in [-0.3, -0.25) is 19.3 Å². The van der Waals surface area contributed by atoms with Crippen molar-refractivity contribution in [3.8, 4) is 17.2 Å². The van der Waals surface area contributed by atoms with Crippen LogP contribution < -0.4 is 14.4 Å². The fraction of sp³-hybridized carbons (Fsp3) is 0.207. The average Bonchev–Trinajstić information content (AvgIpc) is 3.19. The van der Waals surface area contributed by atoms with Crippen molar-refractivity contribution in [2.75, 3.05) is 24.7 Å².